The van der Waals surface area contributed by atoms with Gasteiger partial charge in [-0.3, -0.25) is 0 Å². The van der Waals surface area contributed by atoms with Crippen LogP contribution in [0.1, 0.15) is 38.9 Å². The standard InChI is InChI=1S/C11H19N3/c1-7-5-10(12)14(13-7)8(2)9-6-11(9,3)4/h5,8-9H,6,12H2,1-4H3. The lowest BCUT2D eigenvalue weighted by atomic mass is 10.1. The van der Waals surface area contributed by atoms with E-state index in [1.165, 1.54) is 6.42 Å². The van der Waals surface area contributed by atoms with E-state index < -0.39 is 0 Å². The summed E-state index contributed by atoms with van der Waals surface area (Å²) in [5, 5.41) is 4.43. The van der Waals surface area contributed by atoms with E-state index in [0.29, 0.717) is 11.5 Å². The lowest BCUT2D eigenvalue weighted by Gasteiger charge is -2.15. The van der Waals surface area contributed by atoms with Gasteiger partial charge >= 0.3 is 0 Å². The van der Waals surface area contributed by atoms with Crippen molar-refractivity contribution in [3.63, 3.8) is 0 Å². The summed E-state index contributed by atoms with van der Waals surface area (Å²) >= 11 is 0. The van der Waals surface area contributed by atoms with E-state index in [1.54, 1.807) is 0 Å². The van der Waals surface area contributed by atoms with E-state index in [9.17, 15) is 0 Å². The predicted molar refractivity (Wildman–Crippen MR) is 58.0 cm³/mol. The Morgan fingerprint density at radius 3 is 2.57 bits per heavy atom. The summed E-state index contributed by atoms with van der Waals surface area (Å²) in [6.45, 7) is 8.81. The molecule has 1 saturated carbocycles. The molecule has 2 unspecified atom stereocenters. The smallest absolute Gasteiger partial charge is 0.122 e. The van der Waals surface area contributed by atoms with Crippen molar-refractivity contribution < 1.29 is 0 Å². The second-order valence-electron chi connectivity index (χ2n) is 5.19. The molecule has 1 heterocycles. The van der Waals surface area contributed by atoms with E-state index in [2.05, 4.69) is 25.9 Å². The van der Waals surface area contributed by atoms with Crippen LogP contribution in [-0.2, 0) is 0 Å². The molecule has 3 heteroatoms. The number of hydrogen-bond donors (Lipinski definition) is 1. The molecule has 0 radical (unpaired) electrons. The Morgan fingerprint density at radius 2 is 2.21 bits per heavy atom. The van der Waals surface area contributed by atoms with Crippen molar-refractivity contribution in [2.75, 3.05) is 5.73 Å². The lowest BCUT2D eigenvalue weighted by molar-refractivity contribution is 0.386. The highest BCUT2D eigenvalue weighted by atomic mass is 15.3. The van der Waals surface area contributed by atoms with E-state index in [-0.39, 0.29) is 0 Å². The molecule has 1 fully saturated rings. The Balaban J connectivity index is 2.20. The van der Waals surface area contributed by atoms with Gasteiger partial charge in [0.05, 0.1) is 11.7 Å². The first kappa shape index (κ1) is 9.56. The normalized spacial score (nSPS) is 26.1. The summed E-state index contributed by atoms with van der Waals surface area (Å²) in [6, 6.07) is 2.37. The second-order valence-corrected chi connectivity index (χ2v) is 5.19. The van der Waals surface area contributed by atoms with Gasteiger partial charge < -0.3 is 5.73 Å². The Kier molecular flexibility index (Phi) is 1.88. The van der Waals surface area contributed by atoms with Crippen LogP contribution >= 0.6 is 0 Å². The molecule has 3 nitrogen and oxygen atoms in total. The molecule has 1 aliphatic carbocycles. The molecule has 0 saturated heterocycles. The predicted octanol–water partition coefficient (Wildman–Crippen LogP) is 2.38. The molecule has 14 heavy (non-hydrogen) atoms. The van der Waals surface area contributed by atoms with Gasteiger partial charge in [0.1, 0.15) is 5.82 Å². The van der Waals surface area contributed by atoms with Crippen molar-refractivity contribution in [2.45, 2.75) is 40.2 Å². The molecule has 1 aromatic heterocycles. The molecule has 0 spiro atoms. The maximum Gasteiger partial charge on any atom is 0.122 e. The quantitative estimate of drug-likeness (QED) is 0.783. The molecule has 2 rings (SSSR count). The highest BCUT2D eigenvalue weighted by Gasteiger charge is 2.49. The molecule has 1 aliphatic rings. The number of aryl methyl sites for hydroxylation is 1. The van der Waals surface area contributed by atoms with Crippen molar-refractivity contribution in [3.05, 3.63) is 11.8 Å². The van der Waals surface area contributed by atoms with E-state index in [1.807, 2.05) is 17.7 Å². The number of nitrogen functional groups attached to an aromatic ring is 1. The fraction of sp³-hybridized carbons (Fsp3) is 0.727. The van der Waals surface area contributed by atoms with Crippen LogP contribution in [0.4, 0.5) is 5.82 Å². The third-order valence-electron chi connectivity index (χ3n) is 3.44. The van der Waals surface area contributed by atoms with Crippen LogP contribution in [0.3, 0.4) is 0 Å². The Morgan fingerprint density at radius 1 is 1.64 bits per heavy atom. The van der Waals surface area contributed by atoms with Gasteiger partial charge in [-0.1, -0.05) is 13.8 Å². The van der Waals surface area contributed by atoms with Crippen LogP contribution in [0.25, 0.3) is 0 Å². The SMILES string of the molecule is Cc1cc(N)n(C(C)C2CC2(C)C)n1. The minimum absolute atomic E-state index is 0.429. The van der Waals surface area contributed by atoms with Gasteiger partial charge in [-0.15, -0.1) is 0 Å². The lowest BCUT2D eigenvalue weighted by Crippen LogP contribution is -2.14. The zero-order valence-electron chi connectivity index (χ0n) is 9.41. The topological polar surface area (TPSA) is 43.8 Å². The van der Waals surface area contributed by atoms with Crippen LogP contribution in [0.5, 0.6) is 0 Å². The first-order chi connectivity index (χ1) is 6.42. The monoisotopic (exact) mass is 193 g/mol. The van der Waals surface area contributed by atoms with Gasteiger partial charge in [0.25, 0.3) is 0 Å². The maximum atomic E-state index is 5.90. The summed E-state index contributed by atoms with van der Waals surface area (Å²) in [5.74, 6) is 1.52. The highest BCUT2D eigenvalue weighted by Crippen LogP contribution is 2.57. The van der Waals surface area contributed by atoms with Gasteiger partial charge in [-0.2, -0.15) is 5.10 Å². The summed E-state index contributed by atoms with van der Waals surface area (Å²) in [5.41, 5.74) is 7.38. The van der Waals surface area contributed by atoms with E-state index in [0.717, 1.165) is 17.4 Å². The minimum Gasteiger partial charge on any atom is -0.384 e. The molecule has 0 aromatic carbocycles. The highest BCUT2D eigenvalue weighted by molar-refractivity contribution is 5.31. The van der Waals surface area contributed by atoms with Crippen LogP contribution in [0, 0.1) is 18.3 Å². The molecule has 2 atom stereocenters. The van der Waals surface area contributed by atoms with Crippen molar-refractivity contribution in [1.82, 2.24) is 9.78 Å². The zero-order valence-corrected chi connectivity index (χ0v) is 9.41. The maximum absolute atomic E-state index is 5.90. The Hall–Kier alpha value is -0.990. The molecule has 0 aliphatic heterocycles. The number of anilines is 1. The van der Waals surface area contributed by atoms with E-state index in [4.69, 9.17) is 5.73 Å². The van der Waals surface area contributed by atoms with Gasteiger partial charge in [0.2, 0.25) is 0 Å². The average Bonchev–Trinajstić information content (AvgIpc) is 2.55. The fourth-order valence-corrected chi connectivity index (χ4v) is 2.36. The van der Waals surface area contributed by atoms with Crippen LogP contribution < -0.4 is 5.73 Å². The fourth-order valence-electron chi connectivity index (χ4n) is 2.36. The van der Waals surface area contributed by atoms with Crippen LogP contribution in [0.15, 0.2) is 6.07 Å². The number of rotatable bonds is 2. The largest absolute Gasteiger partial charge is 0.384 e. The van der Waals surface area contributed by atoms with E-state index >= 15 is 0 Å². The van der Waals surface area contributed by atoms with Gasteiger partial charge in [0, 0.05) is 6.07 Å². The third-order valence-corrected chi connectivity index (χ3v) is 3.44. The first-order valence-corrected chi connectivity index (χ1v) is 5.23. The number of aromatic nitrogens is 2. The Bertz CT molecular complexity index is 351. The molecule has 0 amide bonds. The number of hydrogen-bond acceptors (Lipinski definition) is 2. The van der Waals surface area contributed by atoms with Crippen LogP contribution in [0.2, 0.25) is 0 Å². The summed E-state index contributed by atoms with van der Waals surface area (Å²) in [6.07, 6.45) is 1.28. The summed E-state index contributed by atoms with van der Waals surface area (Å²) in [4.78, 5) is 0. The number of nitrogens with zero attached hydrogens (tertiary/aromatic N) is 2. The van der Waals surface area contributed by atoms with Gasteiger partial charge in [0.15, 0.2) is 0 Å². The molecule has 78 valence electrons. The van der Waals surface area contributed by atoms with Gasteiger partial charge in [-0.05, 0) is 31.6 Å². The molecular formula is C11H19N3. The molecule has 0 bridgehead atoms. The van der Waals surface area contributed by atoms with Crippen molar-refractivity contribution in [3.8, 4) is 0 Å². The third kappa shape index (κ3) is 1.41. The minimum atomic E-state index is 0.429. The summed E-state index contributed by atoms with van der Waals surface area (Å²) in [7, 11) is 0. The van der Waals surface area contributed by atoms with Crippen molar-refractivity contribution >= 4 is 5.82 Å². The molecular weight excluding hydrogens is 174 g/mol. The Labute approximate surface area is 85.3 Å². The first-order valence-electron chi connectivity index (χ1n) is 5.23. The molecule has 2 N–H and O–H groups in total. The van der Waals surface area contributed by atoms with Crippen molar-refractivity contribution in [1.29, 1.82) is 0 Å². The van der Waals surface area contributed by atoms with Crippen LogP contribution in [-0.4, -0.2) is 9.78 Å². The average molecular weight is 193 g/mol. The van der Waals surface area contributed by atoms with Crippen molar-refractivity contribution in [2.24, 2.45) is 11.3 Å². The van der Waals surface area contributed by atoms with Gasteiger partial charge in [-0.25, -0.2) is 4.68 Å². The second kappa shape index (κ2) is 2.75. The zero-order chi connectivity index (χ0) is 10.5. The summed E-state index contributed by atoms with van der Waals surface area (Å²) < 4.78 is 1.97. The molecule has 1 aromatic rings. The number of nitrogens with two attached hydrogens (primary N) is 1.